The van der Waals surface area contributed by atoms with Gasteiger partial charge in [-0.25, -0.2) is 14.2 Å². The number of furan rings is 1. The van der Waals surface area contributed by atoms with E-state index in [1.807, 2.05) is 6.07 Å². The van der Waals surface area contributed by atoms with Crippen LogP contribution in [0.25, 0.3) is 17.4 Å². The first-order valence-electron chi connectivity index (χ1n) is 11.5. The topological polar surface area (TPSA) is 97.6 Å². The molecular formula is C28H20FN3O4S. The van der Waals surface area contributed by atoms with E-state index in [2.05, 4.69) is 11.1 Å². The van der Waals surface area contributed by atoms with E-state index in [9.17, 15) is 19.2 Å². The van der Waals surface area contributed by atoms with Gasteiger partial charge >= 0.3 is 5.97 Å². The zero-order valence-electron chi connectivity index (χ0n) is 19.9. The van der Waals surface area contributed by atoms with Crippen molar-refractivity contribution in [3.8, 4) is 17.4 Å². The lowest BCUT2D eigenvalue weighted by Gasteiger charge is -2.24. The van der Waals surface area contributed by atoms with Gasteiger partial charge in [0.25, 0.3) is 5.56 Å². The average molecular weight is 514 g/mol. The smallest absolute Gasteiger partial charge is 0.338 e. The third-order valence-corrected chi connectivity index (χ3v) is 6.90. The van der Waals surface area contributed by atoms with Crippen LogP contribution in [0.5, 0.6) is 0 Å². The number of carbonyl (C=O) groups is 1. The predicted octanol–water partition coefficient (Wildman–Crippen LogP) is 4.07. The summed E-state index contributed by atoms with van der Waals surface area (Å²) in [5, 5.41) is 9.39. The first-order valence-corrected chi connectivity index (χ1v) is 12.3. The van der Waals surface area contributed by atoms with Crippen LogP contribution in [-0.2, 0) is 9.53 Å². The number of allylic oxidation sites excluding steroid dienone is 1. The zero-order chi connectivity index (χ0) is 26.1. The Labute approximate surface area is 214 Å². The molecule has 2 aromatic heterocycles. The number of benzene rings is 2. The van der Waals surface area contributed by atoms with Crippen molar-refractivity contribution >= 4 is 23.4 Å². The first kappa shape index (κ1) is 24.2. The van der Waals surface area contributed by atoms with E-state index in [4.69, 9.17) is 9.15 Å². The Morgan fingerprint density at radius 2 is 1.97 bits per heavy atom. The molecule has 0 saturated carbocycles. The molecule has 0 aliphatic carbocycles. The molecule has 1 aliphatic rings. The van der Waals surface area contributed by atoms with Crippen molar-refractivity contribution in [2.24, 2.45) is 4.99 Å². The van der Waals surface area contributed by atoms with Crippen LogP contribution in [0, 0.1) is 17.1 Å². The fourth-order valence-electron chi connectivity index (χ4n) is 4.25. The zero-order valence-corrected chi connectivity index (χ0v) is 20.7. The van der Waals surface area contributed by atoms with E-state index < -0.39 is 17.8 Å². The molecule has 0 N–H and O–H groups in total. The highest BCUT2D eigenvalue weighted by atomic mass is 32.1. The number of ether oxygens (including phenoxy) is 1. The molecular weight excluding hydrogens is 493 g/mol. The molecule has 184 valence electrons. The van der Waals surface area contributed by atoms with E-state index in [0.29, 0.717) is 43.2 Å². The molecule has 1 atom stereocenters. The molecule has 0 radical (unpaired) electrons. The monoisotopic (exact) mass is 513 g/mol. The quantitative estimate of drug-likeness (QED) is 0.375. The summed E-state index contributed by atoms with van der Waals surface area (Å²) in [7, 11) is 0. The van der Waals surface area contributed by atoms with Crippen LogP contribution in [0.3, 0.4) is 0 Å². The molecule has 5 rings (SSSR count). The van der Waals surface area contributed by atoms with Gasteiger partial charge in [-0.2, -0.15) is 5.26 Å². The predicted molar refractivity (Wildman–Crippen MR) is 136 cm³/mol. The van der Waals surface area contributed by atoms with Crippen LogP contribution >= 0.6 is 11.3 Å². The van der Waals surface area contributed by atoms with Gasteiger partial charge in [-0.3, -0.25) is 9.36 Å². The molecule has 3 heterocycles. The van der Waals surface area contributed by atoms with E-state index in [-0.39, 0.29) is 17.7 Å². The second-order valence-electron chi connectivity index (χ2n) is 8.21. The van der Waals surface area contributed by atoms with Gasteiger partial charge in [0.2, 0.25) is 0 Å². The van der Waals surface area contributed by atoms with Crippen molar-refractivity contribution in [2.45, 2.75) is 19.9 Å². The Kier molecular flexibility index (Phi) is 6.42. The van der Waals surface area contributed by atoms with Gasteiger partial charge in [-0.15, -0.1) is 0 Å². The summed E-state index contributed by atoms with van der Waals surface area (Å²) < 4.78 is 26.6. The van der Waals surface area contributed by atoms with Crippen LogP contribution in [-0.4, -0.2) is 17.1 Å². The number of thiazole rings is 1. The lowest BCUT2D eigenvalue weighted by molar-refractivity contribution is -0.139. The third kappa shape index (κ3) is 4.43. The van der Waals surface area contributed by atoms with E-state index in [1.165, 1.54) is 16.7 Å². The summed E-state index contributed by atoms with van der Waals surface area (Å²) in [6.07, 6.45) is 1.60. The number of rotatable bonds is 5. The van der Waals surface area contributed by atoms with Crippen molar-refractivity contribution in [3.63, 3.8) is 0 Å². The summed E-state index contributed by atoms with van der Waals surface area (Å²) in [6, 6.07) is 17.5. The SMILES string of the molecule is CCOC(=O)C1=C(C)N=c2s/c(=C/c3ccc(-c4ccccc4C#N)o3)c(=O)n2[C@@H]1c1ccc(F)cc1. The molecule has 2 aromatic carbocycles. The van der Waals surface area contributed by atoms with Crippen LogP contribution in [0.1, 0.15) is 36.8 Å². The maximum Gasteiger partial charge on any atom is 0.338 e. The molecule has 0 fully saturated rings. The molecule has 0 unspecified atom stereocenters. The number of nitriles is 1. The highest BCUT2D eigenvalue weighted by molar-refractivity contribution is 7.07. The van der Waals surface area contributed by atoms with Gasteiger partial charge in [0, 0.05) is 11.6 Å². The van der Waals surface area contributed by atoms with Crippen molar-refractivity contribution in [1.82, 2.24) is 4.57 Å². The molecule has 9 heteroatoms. The Morgan fingerprint density at radius 3 is 2.70 bits per heavy atom. The molecule has 37 heavy (non-hydrogen) atoms. The summed E-state index contributed by atoms with van der Waals surface area (Å²) in [5.74, 6) is -0.0891. The molecule has 7 nitrogen and oxygen atoms in total. The minimum absolute atomic E-state index is 0.159. The standard InChI is InChI=1S/C28H20FN3O4S/c1-3-35-27(34)24-16(2)31-28-32(25(24)17-8-10-19(29)11-9-17)26(33)23(37-28)14-20-12-13-22(36-20)21-7-5-4-6-18(21)15-30/h4-14,25H,3H2,1-2H3/b23-14+/t25-/m1/s1. The maximum absolute atomic E-state index is 13.7. The molecule has 0 bridgehead atoms. The Bertz CT molecular complexity index is 1770. The summed E-state index contributed by atoms with van der Waals surface area (Å²) in [5.41, 5.74) is 1.96. The molecule has 1 aliphatic heterocycles. The third-order valence-electron chi connectivity index (χ3n) is 5.92. The molecule has 4 aromatic rings. The summed E-state index contributed by atoms with van der Waals surface area (Å²) in [6.45, 7) is 3.54. The minimum Gasteiger partial charge on any atom is -0.463 e. The summed E-state index contributed by atoms with van der Waals surface area (Å²) >= 11 is 1.16. The van der Waals surface area contributed by atoms with E-state index in [0.717, 1.165) is 11.3 Å². The fraction of sp³-hybridized carbons (Fsp3) is 0.143. The highest BCUT2D eigenvalue weighted by Crippen LogP contribution is 2.31. The second-order valence-corrected chi connectivity index (χ2v) is 9.22. The van der Waals surface area contributed by atoms with Crippen molar-refractivity contribution in [3.05, 3.63) is 114 Å². The van der Waals surface area contributed by atoms with Crippen molar-refractivity contribution in [1.29, 1.82) is 5.26 Å². The molecule has 0 spiro atoms. The lowest BCUT2D eigenvalue weighted by atomic mass is 9.96. The van der Waals surface area contributed by atoms with Crippen LogP contribution in [0.15, 0.2) is 86.1 Å². The molecule has 0 amide bonds. The fourth-order valence-corrected chi connectivity index (χ4v) is 5.28. The summed E-state index contributed by atoms with van der Waals surface area (Å²) in [4.78, 5) is 31.4. The number of esters is 1. The Morgan fingerprint density at radius 1 is 1.22 bits per heavy atom. The number of halogens is 1. The van der Waals surface area contributed by atoms with Gasteiger partial charge in [-0.1, -0.05) is 35.6 Å². The largest absolute Gasteiger partial charge is 0.463 e. The van der Waals surface area contributed by atoms with Gasteiger partial charge in [0.05, 0.1) is 40.1 Å². The number of fused-ring (bicyclic) bond motifs is 1. The van der Waals surface area contributed by atoms with Crippen LogP contribution in [0.4, 0.5) is 4.39 Å². The second kappa shape index (κ2) is 9.84. The number of nitrogens with zero attached hydrogens (tertiary/aromatic N) is 3. The Balaban J connectivity index is 1.64. The number of hydrogen-bond donors (Lipinski definition) is 0. The highest BCUT2D eigenvalue weighted by Gasteiger charge is 2.33. The number of carbonyl (C=O) groups excluding carboxylic acids is 1. The van der Waals surface area contributed by atoms with Gasteiger partial charge in [0.15, 0.2) is 4.80 Å². The van der Waals surface area contributed by atoms with Crippen LogP contribution < -0.4 is 14.9 Å². The minimum atomic E-state index is -0.826. The van der Waals surface area contributed by atoms with Crippen LogP contribution in [0.2, 0.25) is 0 Å². The Hall–Kier alpha value is -4.55. The van der Waals surface area contributed by atoms with Gasteiger partial charge in [0.1, 0.15) is 17.3 Å². The number of aromatic nitrogens is 1. The number of hydrogen-bond acceptors (Lipinski definition) is 7. The van der Waals surface area contributed by atoms with Gasteiger partial charge < -0.3 is 9.15 Å². The van der Waals surface area contributed by atoms with E-state index in [1.54, 1.807) is 62.4 Å². The van der Waals surface area contributed by atoms with Crippen molar-refractivity contribution in [2.75, 3.05) is 6.61 Å². The normalized spacial score (nSPS) is 15.2. The first-order chi connectivity index (χ1) is 17.9. The average Bonchev–Trinajstić information content (AvgIpc) is 3.48. The maximum atomic E-state index is 13.7. The lowest BCUT2D eigenvalue weighted by Crippen LogP contribution is -2.39. The molecule has 0 saturated heterocycles. The van der Waals surface area contributed by atoms with Gasteiger partial charge in [-0.05, 0) is 55.8 Å². The van der Waals surface area contributed by atoms with E-state index >= 15 is 0 Å². The van der Waals surface area contributed by atoms with Crippen molar-refractivity contribution < 1.29 is 18.3 Å².